The van der Waals surface area contributed by atoms with Crippen molar-refractivity contribution in [2.24, 2.45) is 0 Å². The molecular formula is C16H13ClF3NO. The van der Waals surface area contributed by atoms with Crippen molar-refractivity contribution < 1.29 is 18.0 Å². The summed E-state index contributed by atoms with van der Waals surface area (Å²) in [4.78, 5) is 13.6. The third kappa shape index (κ3) is 3.80. The average Bonchev–Trinajstić information content (AvgIpc) is 2.46. The smallest absolute Gasteiger partial charge is 0.337 e. The van der Waals surface area contributed by atoms with E-state index >= 15 is 0 Å². The minimum absolute atomic E-state index is 0.0635. The molecule has 0 aliphatic carbocycles. The van der Waals surface area contributed by atoms with Crippen LogP contribution in [0.3, 0.4) is 0 Å². The van der Waals surface area contributed by atoms with Gasteiger partial charge in [0.2, 0.25) is 0 Å². The number of amides is 1. The van der Waals surface area contributed by atoms with E-state index in [0.717, 1.165) is 12.1 Å². The molecule has 0 radical (unpaired) electrons. The molecule has 0 bridgehead atoms. The molecule has 0 atom stereocenters. The van der Waals surface area contributed by atoms with Crippen molar-refractivity contribution in [1.29, 1.82) is 0 Å². The van der Waals surface area contributed by atoms with E-state index in [1.165, 1.54) is 18.0 Å². The maximum atomic E-state index is 12.7. The fourth-order valence-corrected chi connectivity index (χ4v) is 2.25. The predicted molar refractivity (Wildman–Crippen MR) is 78.7 cm³/mol. The van der Waals surface area contributed by atoms with Crippen molar-refractivity contribution in [1.82, 2.24) is 4.90 Å². The van der Waals surface area contributed by atoms with Crippen LogP contribution < -0.4 is 0 Å². The first kappa shape index (κ1) is 16.4. The number of rotatable bonds is 3. The topological polar surface area (TPSA) is 20.3 Å². The van der Waals surface area contributed by atoms with Gasteiger partial charge in [-0.05, 0) is 29.8 Å². The number of carbonyl (C=O) groups is 1. The van der Waals surface area contributed by atoms with Crippen LogP contribution in [0.15, 0.2) is 48.5 Å². The summed E-state index contributed by atoms with van der Waals surface area (Å²) in [7, 11) is 1.52. The molecule has 0 N–H and O–H groups in total. The van der Waals surface area contributed by atoms with Crippen molar-refractivity contribution in [3.63, 3.8) is 0 Å². The first-order valence-corrected chi connectivity index (χ1v) is 6.83. The van der Waals surface area contributed by atoms with E-state index in [9.17, 15) is 18.0 Å². The maximum Gasteiger partial charge on any atom is 0.416 e. The van der Waals surface area contributed by atoms with Gasteiger partial charge in [-0.25, -0.2) is 0 Å². The number of hydrogen-bond acceptors (Lipinski definition) is 1. The summed E-state index contributed by atoms with van der Waals surface area (Å²) in [6.07, 6.45) is -4.40. The van der Waals surface area contributed by atoms with E-state index in [-0.39, 0.29) is 12.5 Å². The Hall–Kier alpha value is -2.01. The van der Waals surface area contributed by atoms with Crippen LogP contribution in [0.4, 0.5) is 13.2 Å². The first-order valence-electron chi connectivity index (χ1n) is 6.45. The third-order valence-electron chi connectivity index (χ3n) is 3.13. The highest BCUT2D eigenvalue weighted by Crippen LogP contribution is 2.29. The van der Waals surface area contributed by atoms with Crippen molar-refractivity contribution in [3.05, 3.63) is 70.2 Å². The van der Waals surface area contributed by atoms with Crippen LogP contribution in [-0.4, -0.2) is 17.9 Å². The Labute approximate surface area is 131 Å². The largest absolute Gasteiger partial charge is 0.416 e. The molecule has 6 heteroatoms. The quantitative estimate of drug-likeness (QED) is 0.804. The van der Waals surface area contributed by atoms with E-state index < -0.39 is 11.7 Å². The Bertz CT molecular complexity index is 685. The van der Waals surface area contributed by atoms with E-state index in [2.05, 4.69) is 0 Å². The van der Waals surface area contributed by atoms with E-state index in [0.29, 0.717) is 16.1 Å². The molecule has 2 rings (SSSR count). The highest BCUT2D eigenvalue weighted by molar-refractivity contribution is 6.33. The van der Waals surface area contributed by atoms with Crippen molar-refractivity contribution in [2.75, 3.05) is 7.05 Å². The first-order chi connectivity index (χ1) is 10.3. The molecule has 2 aromatic rings. The SMILES string of the molecule is CN(Cc1cccc(C(F)(F)F)c1)C(=O)c1ccccc1Cl. The molecule has 0 aromatic heterocycles. The Morgan fingerprint density at radius 3 is 2.45 bits per heavy atom. The molecule has 0 aliphatic rings. The molecule has 0 aliphatic heterocycles. The lowest BCUT2D eigenvalue weighted by Crippen LogP contribution is -2.26. The van der Waals surface area contributed by atoms with Crippen LogP contribution in [0.2, 0.25) is 5.02 Å². The number of hydrogen-bond donors (Lipinski definition) is 0. The number of benzene rings is 2. The molecule has 0 saturated heterocycles. The van der Waals surface area contributed by atoms with E-state index in [4.69, 9.17) is 11.6 Å². The second-order valence-electron chi connectivity index (χ2n) is 4.84. The van der Waals surface area contributed by atoms with Gasteiger partial charge in [-0.1, -0.05) is 35.9 Å². The lowest BCUT2D eigenvalue weighted by atomic mass is 10.1. The Kier molecular flexibility index (Phi) is 4.76. The van der Waals surface area contributed by atoms with E-state index in [1.54, 1.807) is 30.3 Å². The second kappa shape index (κ2) is 6.40. The summed E-state index contributed by atoms with van der Waals surface area (Å²) in [5.41, 5.74) is -0.0139. The van der Waals surface area contributed by atoms with E-state index in [1.807, 2.05) is 0 Å². The van der Waals surface area contributed by atoms with Gasteiger partial charge in [0.25, 0.3) is 5.91 Å². The zero-order valence-corrected chi connectivity index (χ0v) is 12.4. The summed E-state index contributed by atoms with van der Waals surface area (Å²) >= 11 is 5.95. The normalized spacial score (nSPS) is 11.3. The third-order valence-corrected chi connectivity index (χ3v) is 3.45. The van der Waals surface area contributed by atoms with Gasteiger partial charge < -0.3 is 4.90 Å². The fourth-order valence-electron chi connectivity index (χ4n) is 2.03. The van der Waals surface area contributed by atoms with Crippen LogP contribution in [-0.2, 0) is 12.7 Å². The van der Waals surface area contributed by atoms with Gasteiger partial charge in [-0.3, -0.25) is 4.79 Å². The minimum Gasteiger partial charge on any atom is -0.337 e. The summed E-state index contributed by atoms with van der Waals surface area (Å²) in [6.45, 7) is 0.0635. The predicted octanol–water partition coefficient (Wildman–Crippen LogP) is 4.63. The van der Waals surface area contributed by atoms with Gasteiger partial charge in [-0.2, -0.15) is 13.2 Å². The van der Waals surface area contributed by atoms with Crippen LogP contribution in [0, 0.1) is 0 Å². The zero-order valence-electron chi connectivity index (χ0n) is 11.7. The maximum absolute atomic E-state index is 12.7. The van der Waals surface area contributed by atoms with Crippen LogP contribution >= 0.6 is 11.6 Å². The zero-order chi connectivity index (χ0) is 16.3. The molecule has 2 aromatic carbocycles. The van der Waals surface area contributed by atoms with Crippen molar-refractivity contribution >= 4 is 17.5 Å². The summed E-state index contributed by atoms with van der Waals surface area (Å²) in [5, 5.41) is 0.309. The van der Waals surface area contributed by atoms with Gasteiger partial charge in [-0.15, -0.1) is 0 Å². The lowest BCUT2D eigenvalue weighted by Gasteiger charge is -2.18. The van der Waals surface area contributed by atoms with Gasteiger partial charge >= 0.3 is 6.18 Å². The minimum atomic E-state index is -4.40. The number of alkyl halides is 3. The van der Waals surface area contributed by atoms with Gasteiger partial charge in [0, 0.05) is 13.6 Å². The lowest BCUT2D eigenvalue weighted by molar-refractivity contribution is -0.137. The molecule has 0 unspecified atom stereocenters. The van der Waals surface area contributed by atoms with Crippen LogP contribution in [0.25, 0.3) is 0 Å². The Morgan fingerprint density at radius 1 is 1.14 bits per heavy atom. The highest BCUT2D eigenvalue weighted by Gasteiger charge is 2.30. The Balaban J connectivity index is 2.17. The summed E-state index contributed by atoms with van der Waals surface area (Å²) < 4.78 is 38.1. The Morgan fingerprint density at radius 2 is 1.82 bits per heavy atom. The molecule has 2 nitrogen and oxygen atoms in total. The molecular weight excluding hydrogens is 315 g/mol. The molecule has 0 saturated carbocycles. The molecule has 116 valence electrons. The highest BCUT2D eigenvalue weighted by atomic mass is 35.5. The summed E-state index contributed by atoms with van der Waals surface area (Å²) in [6, 6.07) is 11.5. The molecule has 0 spiro atoms. The average molecular weight is 328 g/mol. The number of carbonyl (C=O) groups excluding carboxylic acids is 1. The summed E-state index contributed by atoms with van der Waals surface area (Å²) in [5.74, 6) is -0.344. The molecule has 0 heterocycles. The van der Waals surface area contributed by atoms with Crippen LogP contribution in [0.5, 0.6) is 0 Å². The molecule has 0 fully saturated rings. The van der Waals surface area contributed by atoms with Gasteiger partial charge in [0.1, 0.15) is 0 Å². The number of nitrogens with zero attached hydrogens (tertiary/aromatic N) is 1. The van der Waals surface area contributed by atoms with Crippen molar-refractivity contribution in [2.45, 2.75) is 12.7 Å². The van der Waals surface area contributed by atoms with Crippen LogP contribution in [0.1, 0.15) is 21.5 Å². The van der Waals surface area contributed by atoms with Gasteiger partial charge in [0.05, 0.1) is 16.1 Å². The van der Waals surface area contributed by atoms with Gasteiger partial charge in [0.15, 0.2) is 0 Å². The monoisotopic (exact) mass is 327 g/mol. The molecule has 22 heavy (non-hydrogen) atoms. The number of halogens is 4. The molecule has 1 amide bonds. The second-order valence-corrected chi connectivity index (χ2v) is 5.25. The standard InChI is InChI=1S/C16H13ClF3NO/c1-21(15(22)13-7-2-3-8-14(13)17)10-11-5-4-6-12(9-11)16(18,19)20/h2-9H,10H2,1H3. The van der Waals surface area contributed by atoms with Crippen molar-refractivity contribution in [3.8, 4) is 0 Å². The fraction of sp³-hybridized carbons (Fsp3) is 0.188.